The van der Waals surface area contributed by atoms with Gasteiger partial charge in [0.25, 0.3) is 0 Å². The van der Waals surface area contributed by atoms with Crippen LogP contribution < -0.4 is 0 Å². The quantitative estimate of drug-likeness (QED) is 0.0548. The molecule has 4 heteroatoms. The van der Waals surface area contributed by atoms with E-state index in [-0.39, 0.29) is 12.6 Å². The van der Waals surface area contributed by atoms with E-state index in [4.69, 9.17) is 9.47 Å². The van der Waals surface area contributed by atoms with Gasteiger partial charge in [-0.2, -0.15) is 0 Å². The molecule has 0 aliphatic heterocycles. The number of carbonyl (C=O) groups excluding carboxylic acids is 1. The fourth-order valence-corrected chi connectivity index (χ4v) is 6.15. The van der Waals surface area contributed by atoms with Crippen LogP contribution in [0.3, 0.4) is 0 Å². The monoisotopic (exact) mass is 625 g/mol. The summed E-state index contributed by atoms with van der Waals surface area (Å²) in [5, 5.41) is 9.54. The smallest absolute Gasteiger partial charge is 0.306 e. The van der Waals surface area contributed by atoms with E-state index in [1.807, 2.05) is 0 Å². The largest absolute Gasteiger partial charge is 0.457 e. The number of unbranched alkanes of at least 4 members (excludes halogenated alkanes) is 30. The molecule has 1 unspecified atom stereocenters. The molecule has 44 heavy (non-hydrogen) atoms. The molecule has 0 spiro atoms. The minimum Gasteiger partial charge on any atom is -0.457 e. The van der Waals surface area contributed by atoms with Crippen LogP contribution in [0.25, 0.3) is 0 Å². The van der Waals surface area contributed by atoms with Gasteiger partial charge in [-0.15, -0.1) is 0 Å². The summed E-state index contributed by atoms with van der Waals surface area (Å²) in [7, 11) is 0. The van der Waals surface area contributed by atoms with Crippen LogP contribution in [0.1, 0.15) is 226 Å². The molecule has 1 atom stereocenters. The predicted molar refractivity (Wildman–Crippen MR) is 191 cm³/mol. The molecule has 1 N–H and O–H groups in total. The predicted octanol–water partition coefficient (Wildman–Crippen LogP) is 12.8. The van der Waals surface area contributed by atoms with Crippen LogP contribution in [-0.4, -0.2) is 37.0 Å². The Kier molecular flexibility index (Phi) is 38.0. The van der Waals surface area contributed by atoms with E-state index >= 15 is 0 Å². The summed E-state index contributed by atoms with van der Waals surface area (Å²) in [4.78, 5) is 12.1. The second-order valence-electron chi connectivity index (χ2n) is 13.7. The fourth-order valence-electron chi connectivity index (χ4n) is 6.15. The molecule has 4 nitrogen and oxygen atoms in total. The summed E-state index contributed by atoms with van der Waals surface area (Å²) >= 11 is 0. The van der Waals surface area contributed by atoms with Crippen LogP contribution in [0, 0.1) is 0 Å². The molecule has 0 saturated carbocycles. The van der Waals surface area contributed by atoms with Gasteiger partial charge in [0.15, 0.2) is 0 Å². The van der Waals surface area contributed by atoms with Crippen molar-refractivity contribution >= 4 is 5.97 Å². The molecule has 0 radical (unpaired) electrons. The van der Waals surface area contributed by atoms with Crippen LogP contribution in [0.15, 0.2) is 0 Å². The molecule has 264 valence electrons. The number of ether oxygens (including phenoxy) is 2. The molecule has 0 aromatic carbocycles. The first-order valence-corrected chi connectivity index (χ1v) is 20.1. The van der Waals surface area contributed by atoms with E-state index in [1.165, 1.54) is 186 Å². The van der Waals surface area contributed by atoms with Crippen LogP contribution >= 0.6 is 0 Å². The minimum atomic E-state index is -0.523. The summed E-state index contributed by atoms with van der Waals surface area (Å²) in [5.74, 6) is -0.199. The Morgan fingerprint density at radius 2 is 0.750 bits per heavy atom. The van der Waals surface area contributed by atoms with Gasteiger partial charge in [0.1, 0.15) is 6.10 Å². The summed E-state index contributed by atoms with van der Waals surface area (Å²) in [6.45, 7) is 5.37. The Balaban J connectivity index is 3.30. The van der Waals surface area contributed by atoms with E-state index in [9.17, 15) is 9.90 Å². The zero-order chi connectivity index (χ0) is 32.0. The molecular formula is C40H80O4. The van der Waals surface area contributed by atoms with Crippen molar-refractivity contribution in [3.8, 4) is 0 Å². The average molecular weight is 625 g/mol. The SMILES string of the molecule is CCCCCCCCCCCCCCCCCCCCCCCCCOCC(CO)OC(=O)CCCCCCCCCCC. The van der Waals surface area contributed by atoms with E-state index < -0.39 is 6.10 Å². The number of aliphatic hydroxyl groups is 1. The van der Waals surface area contributed by atoms with Crippen molar-refractivity contribution < 1.29 is 19.4 Å². The van der Waals surface area contributed by atoms with Gasteiger partial charge < -0.3 is 14.6 Å². The molecule has 0 aromatic heterocycles. The lowest BCUT2D eigenvalue weighted by molar-refractivity contribution is -0.154. The van der Waals surface area contributed by atoms with Gasteiger partial charge in [-0.3, -0.25) is 4.79 Å². The van der Waals surface area contributed by atoms with Crippen molar-refractivity contribution in [3.05, 3.63) is 0 Å². The van der Waals surface area contributed by atoms with Crippen molar-refractivity contribution in [3.63, 3.8) is 0 Å². The highest BCUT2D eigenvalue weighted by molar-refractivity contribution is 5.69. The lowest BCUT2D eigenvalue weighted by Crippen LogP contribution is -2.27. The normalized spacial score (nSPS) is 12.2. The van der Waals surface area contributed by atoms with Gasteiger partial charge in [0.05, 0.1) is 13.2 Å². The van der Waals surface area contributed by atoms with Crippen LogP contribution in [0.4, 0.5) is 0 Å². The number of hydrogen-bond acceptors (Lipinski definition) is 4. The minimum absolute atomic E-state index is 0.164. The number of aliphatic hydroxyl groups excluding tert-OH is 1. The molecule has 0 saturated heterocycles. The number of carbonyl (C=O) groups is 1. The van der Waals surface area contributed by atoms with Crippen LogP contribution in [0.2, 0.25) is 0 Å². The van der Waals surface area contributed by atoms with E-state index in [2.05, 4.69) is 13.8 Å². The van der Waals surface area contributed by atoms with Gasteiger partial charge in [-0.25, -0.2) is 0 Å². The molecule has 0 heterocycles. The molecule has 0 amide bonds. The third kappa shape index (κ3) is 35.9. The topological polar surface area (TPSA) is 55.8 Å². The van der Waals surface area contributed by atoms with E-state index in [0.29, 0.717) is 19.6 Å². The number of hydrogen-bond donors (Lipinski definition) is 1. The molecular weight excluding hydrogens is 544 g/mol. The average Bonchev–Trinajstić information content (AvgIpc) is 3.03. The van der Waals surface area contributed by atoms with Crippen LogP contribution in [-0.2, 0) is 14.3 Å². The Hall–Kier alpha value is -0.610. The molecule has 0 bridgehead atoms. The highest BCUT2D eigenvalue weighted by Gasteiger charge is 2.13. The Morgan fingerprint density at radius 1 is 0.455 bits per heavy atom. The third-order valence-electron chi connectivity index (χ3n) is 9.18. The Morgan fingerprint density at radius 3 is 1.07 bits per heavy atom. The second-order valence-corrected chi connectivity index (χ2v) is 13.7. The van der Waals surface area contributed by atoms with Gasteiger partial charge >= 0.3 is 5.97 Å². The Bertz CT molecular complexity index is 537. The molecule has 0 aliphatic rings. The maximum Gasteiger partial charge on any atom is 0.306 e. The molecule has 0 aromatic rings. The van der Waals surface area contributed by atoms with Gasteiger partial charge in [0.2, 0.25) is 0 Å². The lowest BCUT2D eigenvalue weighted by atomic mass is 10.0. The first-order valence-electron chi connectivity index (χ1n) is 20.1. The standard InChI is InChI=1S/C40H80O4/c1-3-5-7-9-11-13-14-15-16-17-18-19-20-21-22-23-24-25-26-28-30-32-34-36-43-38-39(37-41)44-40(42)35-33-31-29-27-12-10-8-6-4-2/h39,41H,3-38H2,1-2H3. The number of rotatable bonds is 38. The zero-order valence-corrected chi connectivity index (χ0v) is 30.2. The number of esters is 1. The summed E-state index contributed by atoms with van der Waals surface area (Å²) < 4.78 is 11.1. The molecule has 0 rings (SSSR count). The summed E-state index contributed by atoms with van der Waals surface area (Å²) in [5.41, 5.74) is 0. The summed E-state index contributed by atoms with van der Waals surface area (Å²) in [6.07, 6.45) is 43.1. The second kappa shape index (κ2) is 38.6. The maximum atomic E-state index is 12.1. The van der Waals surface area contributed by atoms with Crippen molar-refractivity contribution in [1.29, 1.82) is 0 Å². The summed E-state index contributed by atoms with van der Waals surface area (Å²) in [6, 6.07) is 0. The van der Waals surface area contributed by atoms with Gasteiger partial charge in [-0.05, 0) is 12.8 Å². The van der Waals surface area contributed by atoms with Crippen molar-refractivity contribution in [2.75, 3.05) is 19.8 Å². The van der Waals surface area contributed by atoms with E-state index in [1.54, 1.807) is 0 Å². The van der Waals surface area contributed by atoms with Crippen molar-refractivity contribution in [2.24, 2.45) is 0 Å². The maximum absolute atomic E-state index is 12.1. The highest BCUT2D eigenvalue weighted by Crippen LogP contribution is 2.16. The zero-order valence-electron chi connectivity index (χ0n) is 30.2. The van der Waals surface area contributed by atoms with Crippen LogP contribution in [0.5, 0.6) is 0 Å². The third-order valence-corrected chi connectivity index (χ3v) is 9.18. The van der Waals surface area contributed by atoms with E-state index in [0.717, 1.165) is 19.3 Å². The molecule has 0 fully saturated rings. The highest BCUT2D eigenvalue weighted by atomic mass is 16.6. The van der Waals surface area contributed by atoms with Crippen molar-refractivity contribution in [1.82, 2.24) is 0 Å². The van der Waals surface area contributed by atoms with Crippen molar-refractivity contribution in [2.45, 2.75) is 232 Å². The van der Waals surface area contributed by atoms with Gasteiger partial charge in [-0.1, -0.05) is 206 Å². The fraction of sp³-hybridized carbons (Fsp3) is 0.975. The van der Waals surface area contributed by atoms with Gasteiger partial charge in [0, 0.05) is 13.0 Å². The first-order chi connectivity index (χ1) is 21.7. The first kappa shape index (κ1) is 43.4. The molecule has 0 aliphatic carbocycles. The Labute approximate surface area is 276 Å². The lowest BCUT2D eigenvalue weighted by Gasteiger charge is -2.16.